The number of carbonyl (C=O) groups is 1. The van der Waals surface area contributed by atoms with Gasteiger partial charge in [0.2, 0.25) is 5.91 Å². The van der Waals surface area contributed by atoms with E-state index in [0.29, 0.717) is 12.5 Å². The fourth-order valence-corrected chi connectivity index (χ4v) is 1.43. The smallest absolute Gasteiger partial charge is 0.236 e. The molecule has 4 nitrogen and oxygen atoms in total. The molecule has 3 N–H and O–H groups in total. The molecular weight excluding hydrogens is 204 g/mol. The third-order valence-corrected chi connectivity index (χ3v) is 2.28. The van der Waals surface area contributed by atoms with Crippen LogP contribution in [0, 0.1) is 5.92 Å². The molecule has 0 spiro atoms. The number of unbranched alkanes of at least 4 members (excludes halogenated alkanes) is 1. The monoisotopic (exact) mass is 230 g/mol. The molecule has 16 heavy (non-hydrogen) atoms. The fraction of sp³-hybridized carbons (Fsp3) is 0.917. The molecule has 4 heteroatoms. The van der Waals surface area contributed by atoms with Crippen molar-refractivity contribution in [3.63, 3.8) is 0 Å². The first kappa shape index (κ1) is 15.4. The highest BCUT2D eigenvalue weighted by Crippen LogP contribution is 2.02. The van der Waals surface area contributed by atoms with E-state index in [1.54, 1.807) is 0 Å². The number of nitrogens with one attached hydrogen (secondary N) is 1. The standard InChI is InChI=1S/C12H26N2O2/c1-4-16-8-6-5-7-14-12(15)11(13)9-10(2)3/h10-11H,4-9,13H2,1-3H3,(H,14,15)/t11-/m0/s1. The van der Waals surface area contributed by atoms with Gasteiger partial charge in [-0.25, -0.2) is 0 Å². The Kier molecular flexibility index (Phi) is 9.24. The number of hydrogen-bond acceptors (Lipinski definition) is 3. The Morgan fingerprint density at radius 2 is 2.06 bits per heavy atom. The Morgan fingerprint density at radius 3 is 2.62 bits per heavy atom. The molecule has 0 aromatic carbocycles. The van der Waals surface area contributed by atoms with Crippen LogP contribution in [-0.4, -0.2) is 31.7 Å². The summed E-state index contributed by atoms with van der Waals surface area (Å²) in [5.74, 6) is 0.420. The molecule has 0 radical (unpaired) electrons. The molecule has 0 unspecified atom stereocenters. The van der Waals surface area contributed by atoms with Crippen molar-refractivity contribution >= 4 is 5.91 Å². The Hall–Kier alpha value is -0.610. The van der Waals surface area contributed by atoms with Crippen molar-refractivity contribution in [1.82, 2.24) is 5.32 Å². The summed E-state index contributed by atoms with van der Waals surface area (Å²) in [6.45, 7) is 8.32. The zero-order chi connectivity index (χ0) is 12.4. The lowest BCUT2D eigenvalue weighted by molar-refractivity contribution is -0.122. The molecule has 1 atom stereocenters. The van der Waals surface area contributed by atoms with Crippen molar-refractivity contribution < 1.29 is 9.53 Å². The molecule has 0 saturated heterocycles. The zero-order valence-corrected chi connectivity index (χ0v) is 10.8. The van der Waals surface area contributed by atoms with E-state index in [4.69, 9.17) is 10.5 Å². The maximum Gasteiger partial charge on any atom is 0.236 e. The van der Waals surface area contributed by atoms with E-state index in [2.05, 4.69) is 19.2 Å². The molecule has 96 valence electrons. The number of hydrogen-bond donors (Lipinski definition) is 2. The van der Waals surface area contributed by atoms with Gasteiger partial charge in [-0.1, -0.05) is 13.8 Å². The van der Waals surface area contributed by atoms with Crippen LogP contribution in [0.2, 0.25) is 0 Å². The molecule has 0 aliphatic carbocycles. The van der Waals surface area contributed by atoms with Crippen molar-refractivity contribution in [2.45, 2.75) is 46.1 Å². The summed E-state index contributed by atoms with van der Waals surface area (Å²) in [5.41, 5.74) is 5.74. The maximum atomic E-state index is 11.5. The van der Waals surface area contributed by atoms with Crippen LogP contribution in [0.1, 0.15) is 40.0 Å². The lowest BCUT2D eigenvalue weighted by Crippen LogP contribution is -2.41. The summed E-state index contributed by atoms with van der Waals surface area (Å²) in [6.07, 6.45) is 2.67. The average molecular weight is 230 g/mol. The second-order valence-electron chi connectivity index (χ2n) is 4.43. The third kappa shape index (κ3) is 8.68. The Balaban J connectivity index is 3.42. The van der Waals surface area contributed by atoms with Gasteiger partial charge < -0.3 is 15.8 Å². The Morgan fingerprint density at radius 1 is 1.38 bits per heavy atom. The summed E-state index contributed by atoms with van der Waals surface area (Å²) in [6, 6.07) is -0.369. The highest BCUT2D eigenvalue weighted by molar-refractivity contribution is 5.81. The molecule has 1 amide bonds. The minimum absolute atomic E-state index is 0.0369. The minimum Gasteiger partial charge on any atom is -0.382 e. The number of ether oxygens (including phenoxy) is 1. The maximum absolute atomic E-state index is 11.5. The molecule has 0 aliphatic rings. The lowest BCUT2D eigenvalue weighted by Gasteiger charge is -2.13. The van der Waals surface area contributed by atoms with Gasteiger partial charge >= 0.3 is 0 Å². The molecular formula is C12H26N2O2. The summed E-state index contributed by atoms with van der Waals surface area (Å²) >= 11 is 0. The van der Waals surface area contributed by atoms with Gasteiger partial charge in [0, 0.05) is 19.8 Å². The van der Waals surface area contributed by atoms with Crippen molar-refractivity contribution in [3.8, 4) is 0 Å². The zero-order valence-electron chi connectivity index (χ0n) is 10.8. The Bertz CT molecular complexity index is 184. The first-order valence-electron chi connectivity index (χ1n) is 6.19. The molecule has 0 aromatic rings. The normalized spacial score (nSPS) is 12.8. The van der Waals surface area contributed by atoms with Crippen LogP contribution in [0.25, 0.3) is 0 Å². The van der Waals surface area contributed by atoms with Crippen molar-refractivity contribution in [2.24, 2.45) is 11.7 Å². The van der Waals surface area contributed by atoms with Crippen LogP contribution in [0.4, 0.5) is 0 Å². The van der Waals surface area contributed by atoms with Gasteiger partial charge in [-0.2, -0.15) is 0 Å². The van der Waals surface area contributed by atoms with Gasteiger partial charge in [0.05, 0.1) is 6.04 Å². The fourth-order valence-electron chi connectivity index (χ4n) is 1.43. The Labute approximate surface area is 98.9 Å². The molecule has 0 saturated carbocycles. The van der Waals surface area contributed by atoms with E-state index in [1.807, 2.05) is 6.92 Å². The quantitative estimate of drug-likeness (QED) is 0.587. The van der Waals surface area contributed by atoms with Crippen LogP contribution in [0.5, 0.6) is 0 Å². The van der Waals surface area contributed by atoms with Crippen LogP contribution in [-0.2, 0) is 9.53 Å². The van der Waals surface area contributed by atoms with Crippen molar-refractivity contribution in [1.29, 1.82) is 0 Å². The summed E-state index contributed by atoms with van der Waals surface area (Å²) in [5, 5.41) is 2.85. The topological polar surface area (TPSA) is 64.3 Å². The van der Waals surface area contributed by atoms with Gasteiger partial charge in [0.25, 0.3) is 0 Å². The summed E-state index contributed by atoms with van der Waals surface area (Å²) < 4.78 is 5.20. The number of rotatable bonds is 9. The van der Waals surface area contributed by atoms with Gasteiger partial charge in [0.1, 0.15) is 0 Å². The van der Waals surface area contributed by atoms with E-state index < -0.39 is 0 Å². The second-order valence-corrected chi connectivity index (χ2v) is 4.43. The number of carbonyl (C=O) groups excluding carboxylic acids is 1. The molecule has 0 rings (SSSR count). The van der Waals surface area contributed by atoms with Gasteiger partial charge in [-0.05, 0) is 32.1 Å². The van der Waals surface area contributed by atoms with Crippen LogP contribution >= 0.6 is 0 Å². The first-order chi connectivity index (χ1) is 7.57. The van der Waals surface area contributed by atoms with Crippen LogP contribution in [0.3, 0.4) is 0 Å². The molecule has 0 fully saturated rings. The van der Waals surface area contributed by atoms with E-state index in [0.717, 1.165) is 32.5 Å². The predicted molar refractivity (Wildman–Crippen MR) is 66.2 cm³/mol. The molecule has 0 bridgehead atoms. The van der Waals surface area contributed by atoms with Gasteiger partial charge in [-0.3, -0.25) is 4.79 Å². The second kappa shape index (κ2) is 9.60. The lowest BCUT2D eigenvalue weighted by atomic mass is 10.0. The molecule has 0 heterocycles. The molecule has 0 aromatic heterocycles. The average Bonchev–Trinajstić information content (AvgIpc) is 2.21. The van der Waals surface area contributed by atoms with Crippen molar-refractivity contribution in [2.75, 3.05) is 19.8 Å². The predicted octanol–water partition coefficient (Wildman–Crippen LogP) is 1.29. The summed E-state index contributed by atoms with van der Waals surface area (Å²) in [4.78, 5) is 11.5. The molecule has 0 aliphatic heterocycles. The highest BCUT2D eigenvalue weighted by atomic mass is 16.5. The van der Waals surface area contributed by atoms with Crippen LogP contribution in [0.15, 0.2) is 0 Å². The SMILES string of the molecule is CCOCCCCNC(=O)[C@@H](N)CC(C)C. The van der Waals surface area contributed by atoms with E-state index in [9.17, 15) is 4.79 Å². The third-order valence-electron chi connectivity index (χ3n) is 2.28. The van der Waals surface area contributed by atoms with Gasteiger partial charge in [0.15, 0.2) is 0 Å². The largest absolute Gasteiger partial charge is 0.382 e. The van der Waals surface area contributed by atoms with Crippen molar-refractivity contribution in [3.05, 3.63) is 0 Å². The minimum atomic E-state index is -0.369. The summed E-state index contributed by atoms with van der Waals surface area (Å²) in [7, 11) is 0. The van der Waals surface area contributed by atoms with Crippen LogP contribution < -0.4 is 11.1 Å². The highest BCUT2D eigenvalue weighted by Gasteiger charge is 2.13. The van der Waals surface area contributed by atoms with Gasteiger partial charge in [-0.15, -0.1) is 0 Å². The van der Waals surface area contributed by atoms with E-state index in [1.165, 1.54) is 0 Å². The van der Waals surface area contributed by atoms with E-state index in [-0.39, 0.29) is 11.9 Å². The number of amides is 1. The van der Waals surface area contributed by atoms with E-state index >= 15 is 0 Å². The number of nitrogens with two attached hydrogens (primary N) is 1. The first-order valence-corrected chi connectivity index (χ1v) is 6.19.